The van der Waals surface area contributed by atoms with Gasteiger partial charge in [0.2, 0.25) is 0 Å². The lowest BCUT2D eigenvalue weighted by Crippen LogP contribution is -2.11. The summed E-state index contributed by atoms with van der Waals surface area (Å²) < 4.78 is 6.29. The number of aryl methyl sites for hydroxylation is 1. The zero-order valence-corrected chi connectivity index (χ0v) is 16.1. The fourth-order valence-electron chi connectivity index (χ4n) is 3.30. The molecular weight excluding hydrogens is 344 g/mol. The van der Waals surface area contributed by atoms with Crippen LogP contribution in [0.3, 0.4) is 0 Å². The number of rotatable bonds is 8. The second-order valence-electron chi connectivity index (χ2n) is 6.89. The van der Waals surface area contributed by atoms with Gasteiger partial charge in [-0.25, -0.2) is 0 Å². The van der Waals surface area contributed by atoms with Crippen LogP contribution in [0.15, 0.2) is 47.4 Å². The average molecular weight is 371 g/mol. The number of hydrogen-bond acceptors (Lipinski definition) is 3. The van der Waals surface area contributed by atoms with Crippen LogP contribution in [-0.4, -0.2) is 22.9 Å². The Morgan fingerprint density at radius 1 is 1.15 bits per heavy atom. The van der Waals surface area contributed by atoms with E-state index in [4.69, 9.17) is 9.84 Å². The summed E-state index contributed by atoms with van der Waals surface area (Å²) in [7, 11) is 0. The van der Waals surface area contributed by atoms with Crippen molar-refractivity contribution in [2.75, 3.05) is 5.75 Å². The number of aliphatic carboxylic acids is 1. The first-order valence-electron chi connectivity index (χ1n) is 9.34. The number of carboxylic acid groups (broad SMARTS) is 1. The van der Waals surface area contributed by atoms with Crippen molar-refractivity contribution >= 4 is 17.7 Å². The van der Waals surface area contributed by atoms with Crippen molar-refractivity contribution in [1.29, 1.82) is 0 Å². The summed E-state index contributed by atoms with van der Waals surface area (Å²) in [5.74, 6) is 1.08. The third kappa shape index (κ3) is 5.28. The highest BCUT2D eigenvalue weighted by molar-refractivity contribution is 7.99. The van der Waals surface area contributed by atoms with Crippen molar-refractivity contribution < 1.29 is 14.6 Å². The molecule has 1 fully saturated rings. The largest absolute Gasteiger partial charge is 0.490 e. The first kappa shape index (κ1) is 18.8. The van der Waals surface area contributed by atoms with Crippen molar-refractivity contribution in [2.24, 2.45) is 0 Å². The molecular formula is C22H26O3S. The smallest absolute Gasteiger partial charge is 0.303 e. The molecule has 1 aliphatic rings. The van der Waals surface area contributed by atoms with E-state index in [9.17, 15) is 4.79 Å². The van der Waals surface area contributed by atoms with E-state index >= 15 is 0 Å². The van der Waals surface area contributed by atoms with Crippen LogP contribution in [0.5, 0.6) is 5.75 Å². The second-order valence-corrected chi connectivity index (χ2v) is 8.06. The Balaban J connectivity index is 1.69. The number of carbonyl (C=O) groups is 1. The minimum Gasteiger partial charge on any atom is -0.490 e. The average Bonchev–Trinajstić information content (AvgIpc) is 3.14. The molecule has 26 heavy (non-hydrogen) atoms. The highest BCUT2D eigenvalue weighted by Gasteiger charge is 2.18. The molecule has 1 aliphatic carbocycles. The van der Waals surface area contributed by atoms with Crippen LogP contribution in [0.4, 0.5) is 0 Å². The Labute approximate surface area is 159 Å². The third-order valence-electron chi connectivity index (χ3n) is 4.70. The Bertz CT molecular complexity index is 734. The molecule has 138 valence electrons. The second kappa shape index (κ2) is 9.13. The molecule has 3 nitrogen and oxygen atoms in total. The van der Waals surface area contributed by atoms with Crippen LogP contribution in [-0.2, 0) is 4.79 Å². The molecule has 0 aliphatic heterocycles. The maximum Gasteiger partial charge on any atom is 0.303 e. The zero-order chi connectivity index (χ0) is 18.4. The molecule has 0 aromatic heterocycles. The van der Waals surface area contributed by atoms with Crippen molar-refractivity contribution in [2.45, 2.75) is 56.4 Å². The van der Waals surface area contributed by atoms with Gasteiger partial charge in [0.15, 0.2) is 0 Å². The summed E-state index contributed by atoms with van der Waals surface area (Å²) in [6.45, 7) is 2.11. The zero-order valence-electron chi connectivity index (χ0n) is 15.2. The van der Waals surface area contributed by atoms with Crippen molar-refractivity contribution in [1.82, 2.24) is 0 Å². The monoisotopic (exact) mass is 370 g/mol. The SMILES string of the molecule is Cc1ccc(OC2CCCC2)c(-c2ccc(SCCCC(=O)O)cc2)c1. The van der Waals surface area contributed by atoms with E-state index < -0.39 is 5.97 Å². The molecule has 0 bridgehead atoms. The Hall–Kier alpha value is -1.94. The van der Waals surface area contributed by atoms with E-state index in [1.165, 1.54) is 23.3 Å². The molecule has 2 aromatic carbocycles. The minimum atomic E-state index is -0.727. The fourth-order valence-corrected chi connectivity index (χ4v) is 4.15. The lowest BCUT2D eigenvalue weighted by molar-refractivity contribution is -0.137. The summed E-state index contributed by atoms with van der Waals surface area (Å²) in [5, 5.41) is 8.70. The van der Waals surface area contributed by atoms with Gasteiger partial charge in [0.25, 0.3) is 0 Å². The van der Waals surface area contributed by atoms with Crippen LogP contribution in [0.2, 0.25) is 0 Å². The van der Waals surface area contributed by atoms with Crippen LogP contribution in [0, 0.1) is 6.92 Å². The molecule has 0 radical (unpaired) electrons. The highest BCUT2D eigenvalue weighted by Crippen LogP contribution is 2.35. The number of carboxylic acids is 1. The quantitative estimate of drug-likeness (QED) is 0.461. The molecule has 3 rings (SSSR count). The predicted octanol–water partition coefficient (Wildman–Crippen LogP) is 5.94. The molecule has 0 unspecified atom stereocenters. The Morgan fingerprint density at radius 3 is 2.58 bits per heavy atom. The van der Waals surface area contributed by atoms with Crippen molar-refractivity contribution in [3.05, 3.63) is 48.0 Å². The molecule has 1 saturated carbocycles. The predicted molar refractivity (Wildman–Crippen MR) is 107 cm³/mol. The number of thioether (sulfide) groups is 1. The highest BCUT2D eigenvalue weighted by atomic mass is 32.2. The fraction of sp³-hybridized carbons (Fsp3) is 0.409. The van der Waals surface area contributed by atoms with Gasteiger partial charge >= 0.3 is 5.97 Å². The van der Waals surface area contributed by atoms with Gasteiger partial charge in [-0.05, 0) is 74.6 Å². The molecule has 1 N–H and O–H groups in total. The first-order valence-corrected chi connectivity index (χ1v) is 10.3. The molecule has 4 heteroatoms. The standard InChI is InChI=1S/C22H26O3S/c1-16-8-13-21(25-18-5-2-3-6-18)20(15-16)17-9-11-19(12-10-17)26-14-4-7-22(23)24/h8-13,15,18H,2-7,14H2,1H3,(H,23,24). The van der Waals surface area contributed by atoms with E-state index in [1.54, 1.807) is 11.8 Å². The normalized spacial score (nSPS) is 14.5. The molecule has 2 aromatic rings. The van der Waals surface area contributed by atoms with E-state index in [2.05, 4.69) is 49.4 Å². The van der Waals surface area contributed by atoms with E-state index in [0.717, 1.165) is 35.5 Å². The number of hydrogen-bond donors (Lipinski definition) is 1. The minimum absolute atomic E-state index is 0.232. The van der Waals surface area contributed by atoms with Crippen LogP contribution < -0.4 is 4.74 Å². The topological polar surface area (TPSA) is 46.5 Å². The van der Waals surface area contributed by atoms with E-state index in [-0.39, 0.29) is 6.42 Å². The maximum absolute atomic E-state index is 10.6. The van der Waals surface area contributed by atoms with E-state index in [0.29, 0.717) is 12.5 Å². The molecule has 0 saturated heterocycles. The molecule has 0 atom stereocenters. The van der Waals surface area contributed by atoms with Crippen molar-refractivity contribution in [3.8, 4) is 16.9 Å². The van der Waals surface area contributed by atoms with Gasteiger partial charge in [0.05, 0.1) is 6.10 Å². The Morgan fingerprint density at radius 2 is 1.88 bits per heavy atom. The third-order valence-corrected chi connectivity index (χ3v) is 5.80. The molecule has 0 heterocycles. The first-order chi connectivity index (χ1) is 12.6. The number of ether oxygens (including phenoxy) is 1. The van der Waals surface area contributed by atoms with Crippen LogP contribution >= 0.6 is 11.8 Å². The summed E-state index contributed by atoms with van der Waals surface area (Å²) >= 11 is 1.71. The lowest BCUT2D eigenvalue weighted by atomic mass is 10.0. The maximum atomic E-state index is 10.6. The van der Waals surface area contributed by atoms with Crippen LogP contribution in [0.25, 0.3) is 11.1 Å². The van der Waals surface area contributed by atoms with Gasteiger partial charge in [0, 0.05) is 16.9 Å². The van der Waals surface area contributed by atoms with Crippen LogP contribution in [0.1, 0.15) is 44.1 Å². The summed E-state index contributed by atoms with van der Waals surface area (Å²) in [5.41, 5.74) is 3.54. The van der Waals surface area contributed by atoms with E-state index in [1.807, 2.05) is 0 Å². The van der Waals surface area contributed by atoms with Gasteiger partial charge < -0.3 is 9.84 Å². The lowest BCUT2D eigenvalue weighted by Gasteiger charge is -2.17. The summed E-state index contributed by atoms with van der Waals surface area (Å²) in [4.78, 5) is 11.7. The molecule has 0 amide bonds. The van der Waals surface area contributed by atoms with Gasteiger partial charge in [-0.1, -0.05) is 23.8 Å². The molecule has 0 spiro atoms. The number of benzene rings is 2. The summed E-state index contributed by atoms with van der Waals surface area (Å²) in [6.07, 6.45) is 6.10. The Kier molecular flexibility index (Phi) is 6.62. The summed E-state index contributed by atoms with van der Waals surface area (Å²) in [6, 6.07) is 14.9. The van der Waals surface area contributed by atoms with Gasteiger partial charge in [0.1, 0.15) is 5.75 Å². The van der Waals surface area contributed by atoms with Crippen molar-refractivity contribution in [3.63, 3.8) is 0 Å². The van der Waals surface area contributed by atoms with Gasteiger partial charge in [-0.15, -0.1) is 11.8 Å². The van der Waals surface area contributed by atoms with Gasteiger partial charge in [-0.2, -0.15) is 0 Å². The van der Waals surface area contributed by atoms with Gasteiger partial charge in [-0.3, -0.25) is 4.79 Å².